The topological polar surface area (TPSA) is 373 Å². The first-order valence-electron chi connectivity index (χ1n) is 31.4. The summed E-state index contributed by atoms with van der Waals surface area (Å²) in [5.41, 5.74) is 0. The Hall–Kier alpha value is -2.27. The van der Waals surface area contributed by atoms with E-state index in [1.807, 2.05) is 0 Å². The monoisotopic (exact) mass is 1180 g/mol. The Bertz CT molecular complexity index is 1690. The van der Waals surface area contributed by atoms with Gasteiger partial charge in [0, 0.05) is 19.8 Å². The number of carbonyl (C=O) groups excluding carboxylic acids is 2. The van der Waals surface area contributed by atoms with Gasteiger partial charge < -0.3 is 100 Å². The zero-order valence-electron chi connectivity index (χ0n) is 49.6. The lowest BCUT2D eigenvalue weighted by Crippen LogP contribution is -2.70. The van der Waals surface area contributed by atoms with Crippen LogP contribution in [-0.4, -0.2) is 215 Å². The molecule has 2 amide bonds. The van der Waals surface area contributed by atoms with Crippen LogP contribution in [0.25, 0.3) is 0 Å². The first kappa shape index (κ1) is 74.0. The molecule has 14 N–H and O–H groups in total. The van der Waals surface area contributed by atoms with Crippen LogP contribution >= 0.6 is 0 Å². The number of amides is 2. The predicted molar refractivity (Wildman–Crippen MR) is 302 cm³/mol. The van der Waals surface area contributed by atoms with Crippen LogP contribution in [0, 0.1) is 0 Å². The van der Waals surface area contributed by atoms with Crippen LogP contribution in [-0.2, 0) is 42.8 Å². The van der Waals surface area contributed by atoms with Gasteiger partial charge in [-0.1, -0.05) is 187 Å². The fraction of sp³-hybridized carbons (Fsp3) is 0.949. The Morgan fingerprint density at radius 2 is 1.06 bits per heavy atom. The van der Waals surface area contributed by atoms with Crippen LogP contribution in [0.2, 0.25) is 0 Å². The van der Waals surface area contributed by atoms with Gasteiger partial charge in [0.2, 0.25) is 11.8 Å². The van der Waals surface area contributed by atoms with Gasteiger partial charge in [-0.05, 0) is 12.8 Å². The number of nitrogens with one attached hydrogen (secondary N) is 2. The summed E-state index contributed by atoms with van der Waals surface area (Å²) in [6.45, 7) is 2.17. The van der Waals surface area contributed by atoms with Crippen LogP contribution in [0.1, 0.15) is 220 Å². The minimum absolute atomic E-state index is 0.227. The fourth-order valence-electron chi connectivity index (χ4n) is 11.2. The van der Waals surface area contributed by atoms with E-state index in [9.17, 15) is 75.7 Å². The van der Waals surface area contributed by atoms with Crippen LogP contribution in [0.15, 0.2) is 0 Å². The second-order valence-corrected chi connectivity index (χ2v) is 23.3. The van der Waals surface area contributed by atoms with Gasteiger partial charge in [-0.15, -0.1) is 0 Å². The number of aliphatic carboxylic acids is 1. The molecule has 0 aromatic carbocycles. The van der Waals surface area contributed by atoms with Gasteiger partial charge in [-0.25, -0.2) is 4.79 Å². The summed E-state index contributed by atoms with van der Waals surface area (Å²) >= 11 is 0. The number of rotatable bonds is 46. The van der Waals surface area contributed by atoms with E-state index in [2.05, 4.69) is 24.5 Å². The number of aliphatic hydroxyl groups is 11. The molecule has 3 aliphatic rings. The van der Waals surface area contributed by atoms with Crippen molar-refractivity contribution in [2.24, 2.45) is 0 Å². The number of unbranched alkanes of at least 4 members (excludes halogenated alkanes) is 26. The van der Waals surface area contributed by atoms with Gasteiger partial charge in [0.15, 0.2) is 12.6 Å². The molecule has 0 aromatic rings. The smallest absolute Gasteiger partial charge is 0.364 e. The van der Waals surface area contributed by atoms with E-state index < -0.39 is 148 Å². The number of carbonyl (C=O) groups is 3. The number of hydrogen-bond acceptors (Lipinski definition) is 20. The van der Waals surface area contributed by atoms with E-state index in [0.29, 0.717) is 19.3 Å². The van der Waals surface area contributed by atoms with Crippen molar-refractivity contribution in [2.45, 2.75) is 330 Å². The second-order valence-electron chi connectivity index (χ2n) is 23.3. The first-order chi connectivity index (χ1) is 39.4. The number of ether oxygens (including phenoxy) is 6. The highest BCUT2D eigenvalue weighted by Crippen LogP contribution is 2.38. The summed E-state index contributed by atoms with van der Waals surface area (Å²) in [5.74, 6) is -6.10. The van der Waals surface area contributed by atoms with Gasteiger partial charge in [0.25, 0.3) is 5.79 Å². The molecule has 0 aliphatic carbocycles. The molecule has 482 valence electrons. The van der Waals surface area contributed by atoms with E-state index in [1.54, 1.807) is 0 Å². The zero-order chi connectivity index (χ0) is 60.5. The van der Waals surface area contributed by atoms with Gasteiger partial charge in [0.05, 0.1) is 50.7 Å². The molecule has 3 aliphatic heterocycles. The molecule has 0 saturated carbocycles. The quantitative estimate of drug-likeness (QED) is 0.0388. The lowest BCUT2D eigenvalue weighted by Gasteiger charge is -2.50. The van der Waals surface area contributed by atoms with Crippen molar-refractivity contribution in [1.82, 2.24) is 10.6 Å². The third kappa shape index (κ3) is 25.6. The summed E-state index contributed by atoms with van der Waals surface area (Å²) in [6.07, 6.45) is 4.21. The molecule has 3 saturated heterocycles. The Labute approximate surface area is 487 Å². The van der Waals surface area contributed by atoms with E-state index in [0.717, 1.165) is 58.3 Å². The van der Waals surface area contributed by atoms with Crippen molar-refractivity contribution in [1.29, 1.82) is 0 Å². The Kier molecular flexibility index (Phi) is 37.7. The van der Waals surface area contributed by atoms with Gasteiger partial charge in [0.1, 0.15) is 67.1 Å². The molecule has 0 bridgehead atoms. The summed E-state index contributed by atoms with van der Waals surface area (Å²) in [5, 5.41) is 136. The fourth-order valence-corrected chi connectivity index (χ4v) is 11.2. The van der Waals surface area contributed by atoms with Crippen LogP contribution in [0.4, 0.5) is 0 Å². The molecule has 18 unspecified atom stereocenters. The van der Waals surface area contributed by atoms with Crippen molar-refractivity contribution in [3.05, 3.63) is 0 Å². The molecule has 18 atom stereocenters. The third-order valence-electron chi connectivity index (χ3n) is 16.3. The zero-order valence-corrected chi connectivity index (χ0v) is 49.6. The summed E-state index contributed by atoms with van der Waals surface area (Å²) < 4.78 is 34.7. The molecule has 0 spiro atoms. The maximum Gasteiger partial charge on any atom is 0.364 e. The molecule has 3 heterocycles. The molecule has 82 heavy (non-hydrogen) atoms. The van der Waals surface area contributed by atoms with Crippen molar-refractivity contribution >= 4 is 17.8 Å². The average Bonchev–Trinajstić information content (AvgIpc) is 3.45. The van der Waals surface area contributed by atoms with E-state index in [4.69, 9.17) is 28.4 Å². The van der Waals surface area contributed by atoms with E-state index >= 15 is 0 Å². The average molecular weight is 1180 g/mol. The molecule has 23 heteroatoms. The van der Waals surface area contributed by atoms with E-state index in [1.165, 1.54) is 116 Å². The lowest BCUT2D eigenvalue weighted by molar-refractivity contribution is -0.386. The molecule has 23 nitrogen and oxygen atoms in total. The summed E-state index contributed by atoms with van der Waals surface area (Å²) in [4.78, 5) is 38.4. The van der Waals surface area contributed by atoms with Crippen LogP contribution in [0.3, 0.4) is 0 Å². The van der Waals surface area contributed by atoms with Crippen molar-refractivity contribution < 1.29 is 104 Å². The summed E-state index contributed by atoms with van der Waals surface area (Å²) in [7, 11) is 0. The Morgan fingerprint density at radius 1 is 0.585 bits per heavy atom. The predicted octanol–water partition coefficient (Wildman–Crippen LogP) is 3.39. The molecule has 0 radical (unpaired) electrons. The molecule has 3 rings (SSSR count). The highest BCUT2D eigenvalue weighted by molar-refractivity contribution is 5.77. The van der Waals surface area contributed by atoms with Gasteiger partial charge in [-0.3, -0.25) is 9.59 Å². The first-order valence-corrected chi connectivity index (χ1v) is 31.4. The molecular weight excluding hydrogens is 1070 g/mol. The minimum atomic E-state index is -3.07. The number of aliphatic hydroxyl groups excluding tert-OH is 11. The normalized spacial score (nSPS) is 30.1. The van der Waals surface area contributed by atoms with Gasteiger partial charge in [-0.2, -0.15) is 0 Å². The van der Waals surface area contributed by atoms with Crippen molar-refractivity contribution in [3.63, 3.8) is 0 Å². The van der Waals surface area contributed by atoms with Crippen LogP contribution in [0.5, 0.6) is 0 Å². The third-order valence-corrected chi connectivity index (χ3v) is 16.3. The van der Waals surface area contributed by atoms with Crippen molar-refractivity contribution in [2.75, 3.05) is 26.4 Å². The summed E-state index contributed by atoms with van der Waals surface area (Å²) in [6, 6.07) is -2.52. The van der Waals surface area contributed by atoms with Gasteiger partial charge >= 0.3 is 5.97 Å². The Morgan fingerprint density at radius 3 is 1.52 bits per heavy atom. The Balaban J connectivity index is 1.63. The molecule has 3 fully saturated rings. The van der Waals surface area contributed by atoms with E-state index in [-0.39, 0.29) is 18.9 Å². The lowest BCUT2D eigenvalue weighted by atomic mass is 9.88. The van der Waals surface area contributed by atoms with Crippen LogP contribution < -0.4 is 10.6 Å². The number of carboxylic acid groups (broad SMARTS) is 1. The second kappa shape index (κ2) is 41.8. The number of hydrogen-bond donors (Lipinski definition) is 14. The standard InChI is InChI=1S/C59H110N2O21/c1-4-6-8-10-12-14-16-17-18-19-20-21-22-23-24-26-28-30-32-41(66)40(61-46(69)33-31-29-27-25-15-13-11-9-7-5-2)38-77-56-51(73)50(72)53(45(37-64)79-56)80-57-52(74)55(49(71)44(36-63)78-57)82-59(58(75)76)34-42(67)47(60-39(3)65)54(81-59)48(70)43(68)35-62/h40-45,47-57,62-64,66-68,70-74H,4-38H2,1-3H3,(H,60,65)(H,61,69)(H,75,76). The molecule has 0 aromatic heterocycles. The minimum Gasteiger partial charge on any atom is -0.477 e. The maximum atomic E-state index is 13.3. The number of carboxylic acids is 1. The largest absolute Gasteiger partial charge is 0.477 e. The highest BCUT2D eigenvalue weighted by Gasteiger charge is 2.60. The van der Waals surface area contributed by atoms with Crippen molar-refractivity contribution in [3.8, 4) is 0 Å². The highest BCUT2D eigenvalue weighted by atomic mass is 16.8. The maximum absolute atomic E-state index is 13.3. The SMILES string of the molecule is CCCCCCCCCCCCCCCCCCCCC(O)C(COC1OC(CO)C(OC2OC(CO)C(O)C(OC3(C(=O)O)CC(O)C(NC(C)=O)C(C(O)C(O)CO)O3)C2O)C(O)C1O)NC(=O)CCCCCCCCCCCC. The molecular formula is C59H110N2O21.